The molecular weight excluding hydrogens is 236 g/mol. The third kappa shape index (κ3) is 2.57. The first kappa shape index (κ1) is 12.5. The van der Waals surface area contributed by atoms with Crippen LogP contribution in [0.3, 0.4) is 0 Å². The smallest absolute Gasteiger partial charge is 0.243 e. The van der Waals surface area contributed by atoms with Crippen molar-refractivity contribution in [2.24, 2.45) is 11.8 Å². The lowest BCUT2D eigenvalue weighted by Crippen LogP contribution is -2.35. The number of hydrogen-bond acceptors (Lipinski definition) is 3. The Bertz CT molecular complexity index is 513. The molecule has 1 N–H and O–H groups in total. The zero-order valence-corrected chi connectivity index (χ0v) is 11.7. The monoisotopic (exact) mass is 258 g/mol. The van der Waals surface area contributed by atoms with E-state index in [2.05, 4.69) is 29.2 Å². The summed E-state index contributed by atoms with van der Waals surface area (Å²) in [7, 11) is 0. The highest BCUT2D eigenvalue weighted by atomic mass is 15.3. The molecule has 2 aromatic rings. The number of nitrogens with zero attached hydrogens (tertiary/aromatic N) is 3. The third-order valence-corrected chi connectivity index (χ3v) is 4.23. The van der Waals surface area contributed by atoms with Gasteiger partial charge in [0.1, 0.15) is 0 Å². The molecule has 4 heteroatoms. The van der Waals surface area contributed by atoms with E-state index in [1.165, 1.54) is 25.7 Å². The molecule has 0 aliphatic heterocycles. The van der Waals surface area contributed by atoms with Gasteiger partial charge in [0.25, 0.3) is 0 Å². The molecule has 0 aromatic carbocycles. The lowest BCUT2D eigenvalue weighted by atomic mass is 9.78. The van der Waals surface area contributed by atoms with Gasteiger partial charge in [0, 0.05) is 12.2 Å². The van der Waals surface area contributed by atoms with Crippen LogP contribution >= 0.6 is 0 Å². The molecule has 102 valence electrons. The summed E-state index contributed by atoms with van der Waals surface area (Å²) >= 11 is 0. The summed E-state index contributed by atoms with van der Waals surface area (Å²) in [5.41, 5.74) is 0.905. The Balaban J connectivity index is 1.79. The maximum absolute atomic E-state index is 4.54. The fourth-order valence-corrected chi connectivity index (χ4v) is 3.20. The highest BCUT2D eigenvalue weighted by molar-refractivity contribution is 5.43. The van der Waals surface area contributed by atoms with Crippen molar-refractivity contribution in [1.82, 2.24) is 14.6 Å². The van der Waals surface area contributed by atoms with E-state index in [1.807, 2.05) is 28.9 Å². The van der Waals surface area contributed by atoms with Crippen LogP contribution in [0.4, 0.5) is 5.95 Å². The van der Waals surface area contributed by atoms with Crippen molar-refractivity contribution in [2.75, 3.05) is 5.32 Å². The van der Waals surface area contributed by atoms with Crippen LogP contribution in [0.2, 0.25) is 0 Å². The number of aromatic nitrogens is 3. The second-order valence-electron chi connectivity index (χ2n) is 5.88. The van der Waals surface area contributed by atoms with Crippen molar-refractivity contribution < 1.29 is 0 Å². The van der Waals surface area contributed by atoms with Crippen molar-refractivity contribution in [3.63, 3.8) is 0 Å². The van der Waals surface area contributed by atoms with Crippen LogP contribution in [0.25, 0.3) is 5.65 Å². The van der Waals surface area contributed by atoms with E-state index in [4.69, 9.17) is 0 Å². The zero-order chi connectivity index (χ0) is 13.2. The Labute approximate surface area is 114 Å². The van der Waals surface area contributed by atoms with Gasteiger partial charge >= 0.3 is 0 Å². The number of rotatable bonds is 3. The molecule has 2 aromatic heterocycles. The molecule has 2 atom stereocenters. The molecule has 0 bridgehead atoms. The second kappa shape index (κ2) is 5.19. The number of pyridine rings is 1. The molecule has 2 heterocycles. The molecule has 1 aliphatic rings. The highest BCUT2D eigenvalue weighted by Crippen LogP contribution is 2.31. The van der Waals surface area contributed by atoms with E-state index in [0.717, 1.165) is 23.4 Å². The molecule has 2 unspecified atom stereocenters. The summed E-state index contributed by atoms with van der Waals surface area (Å²) < 4.78 is 1.83. The number of hydrogen-bond donors (Lipinski definition) is 1. The molecule has 0 radical (unpaired) electrons. The number of nitrogens with one attached hydrogen (secondary N) is 1. The first-order valence-electron chi connectivity index (χ1n) is 7.32. The van der Waals surface area contributed by atoms with Gasteiger partial charge in [-0.25, -0.2) is 4.52 Å². The summed E-state index contributed by atoms with van der Waals surface area (Å²) in [6.07, 6.45) is 7.17. The Morgan fingerprint density at radius 3 is 2.89 bits per heavy atom. The van der Waals surface area contributed by atoms with Crippen LogP contribution in [0, 0.1) is 11.8 Å². The second-order valence-corrected chi connectivity index (χ2v) is 5.88. The predicted molar refractivity (Wildman–Crippen MR) is 77.2 cm³/mol. The lowest BCUT2D eigenvalue weighted by molar-refractivity contribution is 0.253. The van der Waals surface area contributed by atoms with Crippen LogP contribution in [0.1, 0.15) is 39.5 Å². The van der Waals surface area contributed by atoms with Gasteiger partial charge in [-0.2, -0.15) is 4.98 Å². The molecule has 1 fully saturated rings. The summed E-state index contributed by atoms with van der Waals surface area (Å²) in [5.74, 6) is 2.22. The number of fused-ring (bicyclic) bond motifs is 1. The van der Waals surface area contributed by atoms with E-state index in [9.17, 15) is 0 Å². The van der Waals surface area contributed by atoms with Crippen LogP contribution in [-0.4, -0.2) is 20.6 Å². The zero-order valence-electron chi connectivity index (χ0n) is 11.7. The SMILES string of the molecule is CC(C)C1CCCCC1Nc1nc2ccccn2n1. The van der Waals surface area contributed by atoms with E-state index < -0.39 is 0 Å². The van der Waals surface area contributed by atoms with Crippen molar-refractivity contribution >= 4 is 11.6 Å². The van der Waals surface area contributed by atoms with Crippen LogP contribution in [0.15, 0.2) is 24.4 Å². The van der Waals surface area contributed by atoms with Crippen molar-refractivity contribution in [2.45, 2.75) is 45.6 Å². The molecule has 1 saturated carbocycles. The fourth-order valence-electron chi connectivity index (χ4n) is 3.20. The van der Waals surface area contributed by atoms with Gasteiger partial charge in [-0.3, -0.25) is 0 Å². The Morgan fingerprint density at radius 1 is 1.26 bits per heavy atom. The summed E-state index contributed by atoms with van der Waals surface area (Å²) in [5, 5.41) is 8.05. The standard InChI is InChI=1S/C15H22N4/c1-11(2)12-7-3-4-8-13(12)16-15-17-14-9-5-6-10-19(14)18-15/h5-6,9-13H,3-4,7-8H2,1-2H3,(H,16,18). The van der Waals surface area contributed by atoms with Gasteiger partial charge < -0.3 is 5.32 Å². The molecular formula is C15H22N4. The Kier molecular flexibility index (Phi) is 3.40. The van der Waals surface area contributed by atoms with Crippen molar-refractivity contribution in [1.29, 1.82) is 0 Å². The van der Waals surface area contributed by atoms with Gasteiger partial charge in [0.05, 0.1) is 0 Å². The minimum atomic E-state index is 0.520. The normalized spacial score (nSPS) is 23.9. The average molecular weight is 258 g/mol. The third-order valence-electron chi connectivity index (χ3n) is 4.23. The molecule has 3 rings (SSSR count). The van der Waals surface area contributed by atoms with Crippen LogP contribution in [0.5, 0.6) is 0 Å². The average Bonchev–Trinajstić information content (AvgIpc) is 2.81. The van der Waals surface area contributed by atoms with Crippen LogP contribution in [-0.2, 0) is 0 Å². The minimum absolute atomic E-state index is 0.520. The fraction of sp³-hybridized carbons (Fsp3) is 0.600. The van der Waals surface area contributed by atoms with Gasteiger partial charge in [0.2, 0.25) is 5.95 Å². The Hall–Kier alpha value is -1.58. The number of anilines is 1. The summed E-state index contributed by atoms with van der Waals surface area (Å²) in [6, 6.07) is 6.47. The largest absolute Gasteiger partial charge is 0.350 e. The molecule has 19 heavy (non-hydrogen) atoms. The highest BCUT2D eigenvalue weighted by Gasteiger charge is 2.28. The Morgan fingerprint density at radius 2 is 2.11 bits per heavy atom. The molecule has 0 spiro atoms. The quantitative estimate of drug-likeness (QED) is 0.918. The predicted octanol–water partition coefficient (Wildman–Crippen LogP) is 3.36. The van der Waals surface area contributed by atoms with E-state index in [1.54, 1.807) is 0 Å². The van der Waals surface area contributed by atoms with Gasteiger partial charge in [-0.1, -0.05) is 32.8 Å². The first-order chi connectivity index (χ1) is 9.24. The molecule has 0 saturated heterocycles. The van der Waals surface area contributed by atoms with Gasteiger partial charge in [0.15, 0.2) is 5.65 Å². The molecule has 4 nitrogen and oxygen atoms in total. The maximum atomic E-state index is 4.54. The summed E-state index contributed by atoms with van der Waals surface area (Å²) in [6.45, 7) is 4.64. The van der Waals surface area contributed by atoms with E-state index in [-0.39, 0.29) is 0 Å². The first-order valence-corrected chi connectivity index (χ1v) is 7.32. The van der Waals surface area contributed by atoms with E-state index in [0.29, 0.717) is 6.04 Å². The van der Waals surface area contributed by atoms with Gasteiger partial charge in [-0.15, -0.1) is 5.10 Å². The molecule has 0 amide bonds. The lowest BCUT2D eigenvalue weighted by Gasteiger charge is -2.34. The van der Waals surface area contributed by atoms with E-state index >= 15 is 0 Å². The van der Waals surface area contributed by atoms with Crippen molar-refractivity contribution in [3.8, 4) is 0 Å². The summed E-state index contributed by atoms with van der Waals surface area (Å²) in [4.78, 5) is 4.54. The maximum Gasteiger partial charge on any atom is 0.243 e. The topological polar surface area (TPSA) is 42.2 Å². The van der Waals surface area contributed by atoms with Gasteiger partial charge in [-0.05, 0) is 36.8 Å². The molecule has 1 aliphatic carbocycles. The minimum Gasteiger partial charge on any atom is -0.350 e. The van der Waals surface area contributed by atoms with Crippen molar-refractivity contribution in [3.05, 3.63) is 24.4 Å². The van der Waals surface area contributed by atoms with Crippen LogP contribution < -0.4 is 5.32 Å².